The molecule has 0 radical (unpaired) electrons. The summed E-state index contributed by atoms with van der Waals surface area (Å²) in [5.74, 6) is -1.11. The van der Waals surface area contributed by atoms with Gasteiger partial charge in [-0.05, 0) is 25.5 Å². The Morgan fingerprint density at radius 1 is 1.35 bits per heavy atom. The van der Waals surface area contributed by atoms with Gasteiger partial charge < -0.3 is 10.4 Å². The van der Waals surface area contributed by atoms with Crippen LogP contribution >= 0.6 is 22.7 Å². The molecule has 106 valence electrons. The van der Waals surface area contributed by atoms with Gasteiger partial charge in [-0.1, -0.05) is 6.92 Å². The van der Waals surface area contributed by atoms with Crippen molar-refractivity contribution in [3.05, 3.63) is 37.5 Å². The van der Waals surface area contributed by atoms with Gasteiger partial charge in [0.2, 0.25) is 0 Å². The van der Waals surface area contributed by atoms with E-state index in [1.165, 1.54) is 22.7 Å². The lowest BCUT2D eigenvalue weighted by atomic mass is 10.3. The number of aryl methyl sites for hydroxylation is 2. The van der Waals surface area contributed by atoms with Crippen LogP contribution in [0.3, 0.4) is 0 Å². The Bertz CT molecular complexity index is 646. The first-order valence-electron chi connectivity index (χ1n) is 6.07. The van der Waals surface area contributed by atoms with E-state index in [0.29, 0.717) is 11.4 Å². The van der Waals surface area contributed by atoms with Crippen LogP contribution in [-0.2, 0) is 13.0 Å². The average Bonchev–Trinajstić information content (AvgIpc) is 3.02. The molecule has 0 spiro atoms. The van der Waals surface area contributed by atoms with Crippen LogP contribution in [0.15, 0.2) is 12.1 Å². The van der Waals surface area contributed by atoms with Crippen molar-refractivity contribution >= 4 is 34.6 Å². The van der Waals surface area contributed by atoms with Crippen molar-refractivity contribution in [2.45, 2.75) is 26.8 Å². The van der Waals surface area contributed by atoms with Crippen molar-refractivity contribution in [3.8, 4) is 0 Å². The molecule has 5 nitrogen and oxygen atoms in total. The highest BCUT2D eigenvalue weighted by molar-refractivity contribution is 7.14. The smallest absolute Gasteiger partial charge is 0.345 e. The number of carboxylic acid groups (broad SMARTS) is 1. The molecule has 0 aliphatic heterocycles. The second-order valence-electron chi connectivity index (χ2n) is 4.13. The van der Waals surface area contributed by atoms with Crippen molar-refractivity contribution in [1.29, 1.82) is 0 Å². The van der Waals surface area contributed by atoms with Gasteiger partial charge >= 0.3 is 5.97 Å². The third-order valence-corrected chi connectivity index (χ3v) is 5.02. The predicted octanol–water partition coefficient (Wildman–Crippen LogP) is 2.70. The SMILES string of the molecule is CCc1nc(C)c(C(=O)NCc2ccc(C(=O)O)s2)s1. The number of hydrogen-bond donors (Lipinski definition) is 2. The highest BCUT2D eigenvalue weighted by atomic mass is 32.1. The number of carbonyl (C=O) groups excluding carboxylic acids is 1. The summed E-state index contributed by atoms with van der Waals surface area (Å²) < 4.78 is 0. The highest BCUT2D eigenvalue weighted by Crippen LogP contribution is 2.19. The zero-order valence-electron chi connectivity index (χ0n) is 11.1. The number of aromatic nitrogens is 1. The summed E-state index contributed by atoms with van der Waals surface area (Å²) in [6, 6.07) is 3.26. The van der Waals surface area contributed by atoms with Crippen LogP contribution in [0.25, 0.3) is 0 Å². The number of hydrogen-bond acceptors (Lipinski definition) is 5. The molecule has 0 aliphatic rings. The zero-order valence-corrected chi connectivity index (χ0v) is 12.7. The van der Waals surface area contributed by atoms with E-state index in [0.717, 1.165) is 22.0 Å². The maximum absolute atomic E-state index is 12.1. The molecule has 2 heterocycles. The standard InChI is InChI=1S/C13H14N2O3S2/c1-3-10-15-7(2)11(20-10)12(16)14-6-8-4-5-9(19-8)13(17)18/h4-5H,3,6H2,1-2H3,(H,14,16)(H,17,18). The van der Waals surface area contributed by atoms with Crippen molar-refractivity contribution in [1.82, 2.24) is 10.3 Å². The van der Waals surface area contributed by atoms with E-state index < -0.39 is 5.97 Å². The van der Waals surface area contributed by atoms with Gasteiger partial charge in [-0.25, -0.2) is 9.78 Å². The topological polar surface area (TPSA) is 79.3 Å². The minimum absolute atomic E-state index is 0.162. The highest BCUT2D eigenvalue weighted by Gasteiger charge is 2.15. The van der Waals surface area contributed by atoms with Gasteiger partial charge in [0, 0.05) is 4.88 Å². The number of nitrogens with one attached hydrogen (secondary N) is 1. The van der Waals surface area contributed by atoms with E-state index in [-0.39, 0.29) is 10.8 Å². The van der Waals surface area contributed by atoms with Crippen LogP contribution in [0.2, 0.25) is 0 Å². The third kappa shape index (κ3) is 3.23. The Balaban J connectivity index is 2.00. The number of thiophene rings is 1. The molecule has 0 atom stereocenters. The first-order chi connectivity index (χ1) is 9.51. The molecule has 1 amide bonds. The van der Waals surface area contributed by atoms with Crippen molar-refractivity contribution in [2.75, 3.05) is 0 Å². The lowest BCUT2D eigenvalue weighted by Gasteiger charge is -2.01. The summed E-state index contributed by atoms with van der Waals surface area (Å²) in [7, 11) is 0. The molecule has 2 rings (SSSR count). The molecule has 2 aromatic heterocycles. The van der Waals surface area contributed by atoms with E-state index in [1.807, 2.05) is 13.8 Å². The quantitative estimate of drug-likeness (QED) is 0.890. The third-order valence-electron chi connectivity index (χ3n) is 2.65. The number of rotatable bonds is 5. The molecule has 0 saturated carbocycles. The molecule has 0 bridgehead atoms. The van der Waals surface area contributed by atoms with Crippen molar-refractivity contribution < 1.29 is 14.7 Å². The fourth-order valence-electron chi connectivity index (χ4n) is 1.65. The van der Waals surface area contributed by atoms with Gasteiger partial charge in [0.05, 0.1) is 17.2 Å². The summed E-state index contributed by atoms with van der Waals surface area (Å²) in [5, 5.41) is 12.6. The fourth-order valence-corrected chi connectivity index (χ4v) is 3.36. The normalized spacial score (nSPS) is 10.5. The Morgan fingerprint density at radius 3 is 2.65 bits per heavy atom. The molecule has 20 heavy (non-hydrogen) atoms. The summed E-state index contributed by atoms with van der Waals surface area (Å²) in [6.07, 6.45) is 0.811. The second kappa shape index (κ2) is 6.15. The molecule has 0 aromatic carbocycles. The molecule has 2 aromatic rings. The summed E-state index contributed by atoms with van der Waals surface area (Å²) in [5.41, 5.74) is 0.738. The van der Waals surface area contributed by atoms with Gasteiger partial charge in [0.25, 0.3) is 5.91 Å². The second-order valence-corrected chi connectivity index (χ2v) is 6.38. The first-order valence-corrected chi connectivity index (χ1v) is 7.71. The van der Waals surface area contributed by atoms with Gasteiger partial charge in [0.15, 0.2) is 0 Å². The Kier molecular flexibility index (Phi) is 4.51. The maximum Gasteiger partial charge on any atom is 0.345 e. The number of carbonyl (C=O) groups is 2. The minimum Gasteiger partial charge on any atom is -0.477 e. The van der Waals surface area contributed by atoms with Crippen LogP contribution in [0.5, 0.6) is 0 Å². The Hall–Kier alpha value is -1.73. The van der Waals surface area contributed by atoms with Crippen LogP contribution in [0.4, 0.5) is 0 Å². The monoisotopic (exact) mass is 310 g/mol. The largest absolute Gasteiger partial charge is 0.477 e. The summed E-state index contributed by atoms with van der Waals surface area (Å²) in [4.78, 5) is 28.9. The Labute approximate surface area is 124 Å². The zero-order chi connectivity index (χ0) is 14.7. The number of amides is 1. The molecular formula is C13H14N2O3S2. The molecule has 0 unspecified atom stereocenters. The van der Waals surface area contributed by atoms with E-state index in [9.17, 15) is 9.59 Å². The van der Waals surface area contributed by atoms with Crippen LogP contribution in [0.1, 0.15) is 41.8 Å². The number of thiazole rings is 1. The average molecular weight is 310 g/mol. The predicted molar refractivity (Wildman–Crippen MR) is 78.7 cm³/mol. The fraction of sp³-hybridized carbons (Fsp3) is 0.308. The first kappa shape index (κ1) is 14.7. The van der Waals surface area contributed by atoms with Crippen molar-refractivity contribution in [3.63, 3.8) is 0 Å². The lowest BCUT2D eigenvalue weighted by molar-refractivity contribution is 0.0702. The molecule has 0 saturated heterocycles. The van der Waals surface area contributed by atoms with Crippen LogP contribution in [0, 0.1) is 6.92 Å². The lowest BCUT2D eigenvalue weighted by Crippen LogP contribution is -2.22. The summed E-state index contributed by atoms with van der Waals surface area (Å²) >= 11 is 2.56. The number of aromatic carboxylic acids is 1. The van der Waals surface area contributed by atoms with E-state index in [1.54, 1.807) is 12.1 Å². The van der Waals surface area contributed by atoms with E-state index in [4.69, 9.17) is 5.11 Å². The molecule has 2 N–H and O–H groups in total. The van der Waals surface area contributed by atoms with Gasteiger partial charge in [-0.15, -0.1) is 22.7 Å². The van der Waals surface area contributed by atoms with E-state index in [2.05, 4.69) is 10.3 Å². The molecule has 7 heteroatoms. The minimum atomic E-state index is -0.946. The maximum atomic E-state index is 12.1. The van der Waals surface area contributed by atoms with E-state index >= 15 is 0 Å². The molecular weight excluding hydrogens is 296 g/mol. The molecule has 0 aliphatic carbocycles. The van der Waals surface area contributed by atoms with Gasteiger partial charge in [-0.3, -0.25) is 4.79 Å². The van der Waals surface area contributed by atoms with Gasteiger partial charge in [-0.2, -0.15) is 0 Å². The van der Waals surface area contributed by atoms with Crippen molar-refractivity contribution in [2.24, 2.45) is 0 Å². The van der Waals surface area contributed by atoms with Crippen LogP contribution in [-0.4, -0.2) is 22.0 Å². The Morgan fingerprint density at radius 2 is 2.10 bits per heavy atom. The van der Waals surface area contributed by atoms with Gasteiger partial charge in [0.1, 0.15) is 9.75 Å². The molecule has 0 fully saturated rings. The number of nitrogens with zero attached hydrogens (tertiary/aromatic N) is 1. The summed E-state index contributed by atoms with van der Waals surface area (Å²) in [6.45, 7) is 4.15. The van der Waals surface area contributed by atoms with Crippen LogP contribution < -0.4 is 5.32 Å². The number of carboxylic acids is 1.